The number of ketones is 1. The van der Waals surface area contributed by atoms with Gasteiger partial charge in [0.05, 0.1) is 32.7 Å². The molecule has 0 aliphatic rings. The van der Waals surface area contributed by atoms with E-state index in [1.165, 1.54) is 7.11 Å². The van der Waals surface area contributed by atoms with Crippen molar-refractivity contribution < 1.29 is 37.1 Å². The van der Waals surface area contributed by atoms with Gasteiger partial charge in [-0.2, -0.15) is 0 Å². The molecule has 2 aromatic carbocycles. The van der Waals surface area contributed by atoms with E-state index in [4.69, 9.17) is 14.3 Å². The summed E-state index contributed by atoms with van der Waals surface area (Å²) >= 11 is 0. The number of amides is 2. The molecular formula is C23H29N3O8S. The number of ether oxygens (including phenoxy) is 2. The molecule has 35 heavy (non-hydrogen) atoms. The Balaban J connectivity index is 1.96. The molecule has 0 aliphatic carbocycles. The van der Waals surface area contributed by atoms with E-state index in [2.05, 4.69) is 10.0 Å². The van der Waals surface area contributed by atoms with Gasteiger partial charge < -0.3 is 14.8 Å². The van der Waals surface area contributed by atoms with Crippen molar-refractivity contribution in [3.63, 3.8) is 0 Å². The Morgan fingerprint density at radius 3 is 1.97 bits per heavy atom. The summed E-state index contributed by atoms with van der Waals surface area (Å²) in [4.78, 5) is 42.6. The Kier molecular flexibility index (Phi) is 11.5. The highest BCUT2D eigenvalue weighted by atomic mass is 32.2. The first-order valence-electron chi connectivity index (χ1n) is 10.6. The summed E-state index contributed by atoms with van der Waals surface area (Å²) in [6.07, 6.45) is 0.889. The fraction of sp³-hybridized carbons (Fsp3) is 0.348. The topological polar surface area (TPSA) is 149 Å². The number of hydroxylamine groups is 1. The Morgan fingerprint density at radius 1 is 0.857 bits per heavy atom. The van der Waals surface area contributed by atoms with Gasteiger partial charge in [-0.25, -0.2) is 18.6 Å². The van der Waals surface area contributed by atoms with Crippen LogP contribution in [0.4, 0.5) is 0 Å². The van der Waals surface area contributed by atoms with Crippen molar-refractivity contribution in [1.29, 1.82) is 0 Å². The molecule has 2 rings (SSSR count). The molecule has 0 radical (unpaired) electrons. The molecule has 0 fully saturated rings. The van der Waals surface area contributed by atoms with Crippen molar-refractivity contribution in [1.82, 2.24) is 15.5 Å². The maximum absolute atomic E-state index is 12.8. The molecule has 190 valence electrons. The predicted molar refractivity (Wildman–Crippen MR) is 126 cm³/mol. The van der Waals surface area contributed by atoms with Gasteiger partial charge in [-0.3, -0.25) is 19.2 Å². The first kappa shape index (κ1) is 28.1. The second-order valence-corrected chi connectivity index (χ2v) is 9.31. The van der Waals surface area contributed by atoms with Crippen LogP contribution in [0.15, 0.2) is 60.7 Å². The number of sulfonamides is 1. The van der Waals surface area contributed by atoms with E-state index in [0.29, 0.717) is 0 Å². The highest BCUT2D eigenvalue weighted by molar-refractivity contribution is 7.88. The predicted octanol–water partition coefficient (Wildman–Crippen LogP) is 0.0693. The summed E-state index contributed by atoms with van der Waals surface area (Å²) < 4.78 is 36.1. The summed E-state index contributed by atoms with van der Waals surface area (Å²) in [5.41, 5.74) is 3.63. The van der Waals surface area contributed by atoms with E-state index < -0.39 is 39.7 Å². The van der Waals surface area contributed by atoms with Gasteiger partial charge in [0.15, 0.2) is 0 Å². The first-order valence-corrected chi connectivity index (χ1v) is 12.5. The maximum atomic E-state index is 12.8. The molecule has 0 saturated heterocycles. The van der Waals surface area contributed by atoms with Gasteiger partial charge in [0.1, 0.15) is 12.1 Å². The van der Waals surface area contributed by atoms with Crippen LogP contribution in [0, 0.1) is 0 Å². The van der Waals surface area contributed by atoms with Crippen LogP contribution < -0.4 is 15.5 Å². The lowest BCUT2D eigenvalue weighted by atomic mass is 10.1. The number of rotatable bonds is 15. The fourth-order valence-corrected chi connectivity index (χ4v) is 3.57. The lowest BCUT2D eigenvalue weighted by Crippen LogP contribution is -2.56. The molecule has 3 N–H and O–H groups in total. The van der Waals surface area contributed by atoms with Gasteiger partial charge >= 0.3 is 5.91 Å². The molecule has 2 amide bonds. The standard InChI is InChI=1S/C23H29N3O8S/c1-32-15-19(21(27)23(29)25-34-14-18-11-7-4-8-12-18)24-22(28)20(26-35(2,30)31)16-33-13-17-9-5-3-6-10-17/h3-12,19-20,26H,13-16H2,1-2H3,(H,24,28)(H,25,29)/t19-,20-/m0/s1. The number of hydrogen-bond donors (Lipinski definition) is 3. The van der Waals surface area contributed by atoms with Gasteiger partial charge in [-0.15, -0.1) is 0 Å². The third-order valence-electron chi connectivity index (χ3n) is 4.51. The molecule has 0 heterocycles. The Morgan fingerprint density at radius 2 is 1.43 bits per heavy atom. The molecule has 2 aromatic rings. The third-order valence-corrected chi connectivity index (χ3v) is 5.22. The molecule has 0 unspecified atom stereocenters. The van der Waals surface area contributed by atoms with Gasteiger partial charge in [0.2, 0.25) is 21.7 Å². The lowest BCUT2D eigenvalue weighted by molar-refractivity contribution is -0.149. The molecule has 0 bridgehead atoms. The van der Waals surface area contributed by atoms with Crippen molar-refractivity contribution in [3.05, 3.63) is 71.8 Å². The van der Waals surface area contributed by atoms with Gasteiger partial charge in [-0.05, 0) is 11.1 Å². The fourth-order valence-electron chi connectivity index (χ4n) is 2.88. The third kappa shape index (κ3) is 10.8. The van der Waals surface area contributed by atoms with Crippen molar-refractivity contribution in [2.24, 2.45) is 0 Å². The van der Waals surface area contributed by atoms with Crippen LogP contribution in [0.5, 0.6) is 0 Å². The minimum Gasteiger partial charge on any atom is -0.382 e. The second-order valence-electron chi connectivity index (χ2n) is 7.53. The molecule has 0 aliphatic heterocycles. The van der Waals surface area contributed by atoms with Crippen LogP contribution in [0.25, 0.3) is 0 Å². The minimum atomic E-state index is -3.79. The number of carbonyl (C=O) groups is 3. The molecule has 0 spiro atoms. The molecule has 11 nitrogen and oxygen atoms in total. The first-order chi connectivity index (χ1) is 16.7. The van der Waals surface area contributed by atoms with E-state index in [1.54, 1.807) is 24.3 Å². The highest BCUT2D eigenvalue weighted by Crippen LogP contribution is 2.03. The minimum absolute atomic E-state index is 0.0280. The number of benzene rings is 2. The summed E-state index contributed by atoms with van der Waals surface area (Å²) in [5.74, 6) is -3.00. The SMILES string of the molecule is COC[C@H](NC(=O)[C@H](COCc1ccccc1)NS(C)(=O)=O)C(=O)C(=O)NOCc1ccccc1. The lowest BCUT2D eigenvalue weighted by Gasteiger charge is -2.21. The Hall–Kier alpha value is -3.16. The number of methoxy groups -OCH3 is 1. The van der Waals surface area contributed by atoms with Crippen LogP contribution in [-0.2, 0) is 51.9 Å². The Bertz CT molecular complexity index is 1060. The van der Waals surface area contributed by atoms with Crippen molar-refractivity contribution in [2.75, 3.05) is 26.6 Å². The summed E-state index contributed by atoms with van der Waals surface area (Å²) in [7, 11) is -2.51. The highest BCUT2D eigenvalue weighted by Gasteiger charge is 2.31. The number of hydrogen-bond acceptors (Lipinski definition) is 8. The number of Topliss-reactive ketones (excluding diaryl/α,β-unsaturated/α-hetero) is 1. The molecular weight excluding hydrogens is 478 g/mol. The molecule has 0 aromatic heterocycles. The van der Waals surface area contributed by atoms with Crippen LogP contribution in [-0.4, -0.2) is 64.7 Å². The van der Waals surface area contributed by atoms with Crippen LogP contribution >= 0.6 is 0 Å². The van der Waals surface area contributed by atoms with Crippen LogP contribution in [0.3, 0.4) is 0 Å². The van der Waals surface area contributed by atoms with E-state index in [1.807, 2.05) is 41.9 Å². The van der Waals surface area contributed by atoms with Crippen molar-refractivity contribution >= 4 is 27.6 Å². The van der Waals surface area contributed by atoms with Gasteiger partial charge in [-0.1, -0.05) is 60.7 Å². The van der Waals surface area contributed by atoms with Crippen LogP contribution in [0.1, 0.15) is 11.1 Å². The normalized spacial score (nSPS) is 13.0. The summed E-state index contributed by atoms with van der Waals surface area (Å²) in [6.45, 7) is -0.473. The molecule has 12 heteroatoms. The van der Waals surface area contributed by atoms with E-state index in [-0.39, 0.29) is 26.4 Å². The van der Waals surface area contributed by atoms with Gasteiger partial charge in [0.25, 0.3) is 0 Å². The van der Waals surface area contributed by atoms with Crippen molar-refractivity contribution in [2.45, 2.75) is 25.3 Å². The zero-order chi connectivity index (χ0) is 25.7. The molecule has 0 saturated carbocycles. The summed E-state index contributed by atoms with van der Waals surface area (Å²) in [5, 5.41) is 2.34. The average molecular weight is 508 g/mol. The van der Waals surface area contributed by atoms with Crippen molar-refractivity contribution in [3.8, 4) is 0 Å². The van der Waals surface area contributed by atoms with Gasteiger partial charge in [0, 0.05) is 7.11 Å². The molecule has 2 atom stereocenters. The zero-order valence-corrected chi connectivity index (χ0v) is 20.2. The van der Waals surface area contributed by atoms with E-state index in [0.717, 1.165) is 17.4 Å². The maximum Gasteiger partial charge on any atom is 0.313 e. The largest absolute Gasteiger partial charge is 0.382 e. The quantitative estimate of drug-likeness (QED) is 0.227. The number of carbonyl (C=O) groups excluding carboxylic acids is 3. The summed E-state index contributed by atoms with van der Waals surface area (Å²) in [6, 6.07) is 15.3. The second kappa shape index (κ2) is 14.3. The smallest absolute Gasteiger partial charge is 0.313 e. The zero-order valence-electron chi connectivity index (χ0n) is 19.4. The van der Waals surface area contributed by atoms with E-state index in [9.17, 15) is 22.8 Å². The van der Waals surface area contributed by atoms with E-state index >= 15 is 0 Å². The van der Waals surface area contributed by atoms with Crippen LogP contribution in [0.2, 0.25) is 0 Å². The average Bonchev–Trinajstić information content (AvgIpc) is 2.83. The monoisotopic (exact) mass is 507 g/mol. The Labute approximate surface area is 204 Å². The number of nitrogens with one attached hydrogen (secondary N) is 3.